The Kier molecular flexibility index (Phi) is 6.98. The summed E-state index contributed by atoms with van der Waals surface area (Å²) in [5, 5.41) is 7.27. The largest absolute Gasteiger partial charge is 0.388 e. The molecule has 0 amide bonds. The monoisotopic (exact) mass is 250 g/mol. The average Bonchev–Trinajstić information content (AvgIpc) is 2.39. The van der Waals surface area contributed by atoms with E-state index in [1.807, 2.05) is 24.5 Å². The smallest absolute Gasteiger partial charge is 0.0918 e. The SMILES string of the molecule is COCCN(CCC(=N)N)CCc1ccncc1. The Morgan fingerprint density at radius 2 is 2.06 bits per heavy atom. The van der Waals surface area contributed by atoms with E-state index in [2.05, 4.69) is 9.88 Å². The van der Waals surface area contributed by atoms with Gasteiger partial charge >= 0.3 is 0 Å². The van der Waals surface area contributed by atoms with Gasteiger partial charge in [-0.05, 0) is 24.1 Å². The summed E-state index contributed by atoms with van der Waals surface area (Å²) in [5.41, 5.74) is 6.67. The Balaban J connectivity index is 2.37. The minimum absolute atomic E-state index is 0.237. The highest BCUT2D eigenvalue weighted by Gasteiger charge is 2.05. The Morgan fingerprint density at radius 3 is 2.67 bits per heavy atom. The quantitative estimate of drug-likeness (QED) is 0.504. The molecule has 1 heterocycles. The third kappa shape index (κ3) is 6.32. The maximum absolute atomic E-state index is 7.27. The lowest BCUT2D eigenvalue weighted by Gasteiger charge is -2.21. The number of nitrogens with zero attached hydrogens (tertiary/aromatic N) is 2. The molecule has 1 rings (SSSR count). The van der Waals surface area contributed by atoms with Gasteiger partial charge in [0.05, 0.1) is 12.4 Å². The second-order valence-corrected chi connectivity index (χ2v) is 4.22. The van der Waals surface area contributed by atoms with Crippen LogP contribution in [-0.4, -0.2) is 49.1 Å². The Hall–Kier alpha value is -1.46. The maximum Gasteiger partial charge on any atom is 0.0918 e. The fourth-order valence-electron chi connectivity index (χ4n) is 1.67. The van der Waals surface area contributed by atoms with Crippen LogP contribution in [0.2, 0.25) is 0 Å². The molecule has 5 nitrogen and oxygen atoms in total. The molecule has 100 valence electrons. The topological polar surface area (TPSA) is 75.2 Å². The minimum atomic E-state index is 0.237. The van der Waals surface area contributed by atoms with Gasteiger partial charge in [-0.15, -0.1) is 0 Å². The zero-order valence-electron chi connectivity index (χ0n) is 10.9. The molecule has 1 aromatic rings. The van der Waals surface area contributed by atoms with E-state index < -0.39 is 0 Å². The van der Waals surface area contributed by atoms with Gasteiger partial charge in [0.2, 0.25) is 0 Å². The minimum Gasteiger partial charge on any atom is -0.388 e. The first-order chi connectivity index (χ1) is 8.72. The number of pyridine rings is 1. The van der Waals surface area contributed by atoms with Crippen molar-refractivity contribution in [1.29, 1.82) is 5.41 Å². The number of nitrogens with one attached hydrogen (secondary N) is 1. The molecule has 1 aromatic heterocycles. The molecule has 0 aromatic carbocycles. The van der Waals surface area contributed by atoms with Crippen LogP contribution < -0.4 is 5.73 Å². The Bertz CT molecular complexity index is 342. The number of methoxy groups -OCH3 is 1. The highest BCUT2D eigenvalue weighted by atomic mass is 16.5. The van der Waals surface area contributed by atoms with Crippen LogP contribution in [0.3, 0.4) is 0 Å². The third-order valence-corrected chi connectivity index (χ3v) is 2.78. The average molecular weight is 250 g/mol. The van der Waals surface area contributed by atoms with Crippen LogP contribution in [0.5, 0.6) is 0 Å². The van der Waals surface area contributed by atoms with Crippen molar-refractivity contribution in [3.63, 3.8) is 0 Å². The summed E-state index contributed by atoms with van der Waals surface area (Å²) in [6, 6.07) is 4.05. The van der Waals surface area contributed by atoms with Gasteiger partial charge in [0.15, 0.2) is 0 Å². The second-order valence-electron chi connectivity index (χ2n) is 4.22. The van der Waals surface area contributed by atoms with E-state index in [1.54, 1.807) is 7.11 Å². The standard InChI is InChI=1S/C13H22N4O/c1-18-11-10-17(9-5-13(14)15)8-4-12-2-6-16-7-3-12/h2-3,6-7H,4-5,8-11H2,1H3,(H3,14,15). The van der Waals surface area contributed by atoms with Gasteiger partial charge in [-0.2, -0.15) is 0 Å². The molecular weight excluding hydrogens is 228 g/mol. The molecule has 0 unspecified atom stereocenters. The molecule has 0 atom stereocenters. The van der Waals surface area contributed by atoms with Crippen LogP contribution in [0.15, 0.2) is 24.5 Å². The van der Waals surface area contributed by atoms with Crippen molar-refractivity contribution in [3.05, 3.63) is 30.1 Å². The summed E-state index contributed by atoms with van der Waals surface area (Å²) < 4.78 is 5.09. The predicted octanol–water partition coefficient (Wildman–Crippen LogP) is 0.899. The van der Waals surface area contributed by atoms with Crippen molar-refractivity contribution in [2.75, 3.05) is 33.4 Å². The Labute approximate surface area is 108 Å². The number of rotatable bonds is 9. The summed E-state index contributed by atoms with van der Waals surface area (Å²) in [4.78, 5) is 6.27. The highest BCUT2D eigenvalue weighted by molar-refractivity contribution is 5.76. The van der Waals surface area contributed by atoms with Gasteiger partial charge in [-0.25, -0.2) is 0 Å². The molecular formula is C13H22N4O. The molecule has 0 aliphatic rings. The summed E-state index contributed by atoms with van der Waals surface area (Å²) in [6.07, 6.45) is 5.21. The Morgan fingerprint density at radius 1 is 1.33 bits per heavy atom. The van der Waals surface area contributed by atoms with E-state index in [-0.39, 0.29) is 5.84 Å². The van der Waals surface area contributed by atoms with Crippen LogP contribution in [0.25, 0.3) is 0 Å². The van der Waals surface area contributed by atoms with Crippen molar-refractivity contribution in [1.82, 2.24) is 9.88 Å². The number of ether oxygens (including phenoxy) is 1. The number of hydrogen-bond donors (Lipinski definition) is 2. The van der Waals surface area contributed by atoms with Crippen molar-refractivity contribution >= 4 is 5.84 Å². The van der Waals surface area contributed by atoms with E-state index in [0.29, 0.717) is 13.0 Å². The fourth-order valence-corrected chi connectivity index (χ4v) is 1.67. The van der Waals surface area contributed by atoms with Crippen molar-refractivity contribution in [2.45, 2.75) is 12.8 Å². The maximum atomic E-state index is 7.27. The van der Waals surface area contributed by atoms with Crippen molar-refractivity contribution in [2.24, 2.45) is 5.73 Å². The van der Waals surface area contributed by atoms with Gasteiger partial charge in [-0.3, -0.25) is 10.4 Å². The lowest BCUT2D eigenvalue weighted by atomic mass is 10.2. The van der Waals surface area contributed by atoms with Gasteiger partial charge in [0, 0.05) is 45.6 Å². The first-order valence-corrected chi connectivity index (χ1v) is 6.15. The second kappa shape index (κ2) is 8.60. The molecule has 0 spiro atoms. The van der Waals surface area contributed by atoms with Crippen LogP contribution in [0.1, 0.15) is 12.0 Å². The lowest BCUT2D eigenvalue weighted by molar-refractivity contribution is 0.150. The van der Waals surface area contributed by atoms with E-state index >= 15 is 0 Å². The van der Waals surface area contributed by atoms with Crippen molar-refractivity contribution < 1.29 is 4.74 Å². The normalized spacial score (nSPS) is 10.8. The zero-order chi connectivity index (χ0) is 13.2. The zero-order valence-corrected chi connectivity index (χ0v) is 10.9. The molecule has 0 saturated heterocycles. The number of nitrogens with two attached hydrogens (primary N) is 1. The van der Waals surface area contributed by atoms with Gasteiger partial charge in [-0.1, -0.05) is 0 Å². The highest BCUT2D eigenvalue weighted by Crippen LogP contribution is 2.01. The molecule has 0 fully saturated rings. The number of amidine groups is 1. The summed E-state index contributed by atoms with van der Waals surface area (Å²) in [5.74, 6) is 0.237. The summed E-state index contributed by atoms with van der Waals surface area (Å²) >= 11 is 0. The van der Waals surface area contributed by atoms with E-state index in [9.17, 15) is 0 Å². The van der Waals surface area contributed by atoms with E-state index in [0.717, 1.165) is 26.1 Å². The first kappa shape index (κ1) is 14.6. The van der Waals surface area contributed by atoms with E-state index in [1.165, 1.54) is 5.56 Å². The predicted molar refractivity (Wildman–Crippen MR) is 72.8 cm³/mol. The molecule has 3 N–H and O–H groups in total. The van der Waals surface area contributed by atoms with E-state index in [4.69, 9.17) is 15.9 Å². The van der Waals surface area contributed by atoms with Gasteiger partial charge in [0.1, 0.15) is 0 Å². The number of hydrogen-bond acceptors (Lipinski definition) is 4. The number of aromatic nitrogens is 1. The summed E-state index contributed by atoms with van der Waals surface area (Å²) in [7, 11) is 1.70. The van der Waals surface area contributed by atoms with Gasteiger partial charge < -0.3 is 15.4 Å². The molecule has 0 radical (unpaired) electrons. The molecule has 0 aliphatic carbocycles. The van der Waals surface area contributed by atoms with Crippen molar-refractivity contribution in [3.8, 4) is 0 Å². The molecule has 18 heavy (non-hydrogen) atoms. The molecule has 5 heteroatoms. The third-order valence-electron chi connectivity index (χ3n) is 2.78. The molecule has 0 aliphatic heterocycles. The van der Waals surface area contributed by atoms with Crippen LogP contribution in [-0.2, 0) is 11.2 Å². The molecule has 0 saturated carbocycles. The van der Waals surface area contributed by atoms with Crippen LogP contribution in [0.4, 0.5) is 0 Å². The summed E-state index contributed by atoms with van der Waals surface area (Å²) in [6.45, 7) is 3.33. The van der Waals surface area contributed by atoms with Crippen LogP contribution >= 0.6 is 0 Å². The molecule has 0 bridgehead atoms. The lowest BCUT2D eigenvalue weighted by Crippen LogP contribution is -2.32. The first-order valence-electron chi connectivity index (χ1n) is 6.15. The fraction of sp³-hybridized carbons (Fsp3) is 0.538. The van der Waals surface area contributed by atoms with Gasteiger partial charge in [0.25, 0.3) is 0 Å². The van der Waals surface area contributed by atoms with Crippen LogP contribution in [0, 0.1) is 5.41 Å².